The number of benzene rings is 2. The van der Waals surface area contributed by atoms with Crippen LogP contribution < -0.4 is 20.3 Å². The zero-order valence-corrected chi connectivity index (χ0v) is 24.2. The van der Waals surface area contributed by atoms with E-state index >= 15 is 0 Å². The van der Waals surface area contributed by atoms with Gasteiger partial charge in [-0.1, -0.05) is 24.8 Å². The summed E-state index contributed by atoms with van der Waals surface area (Å²) in [7, 11) is 7.55. The number of likely N-dealkylation sites (N-methyl/N-ethyl adjacent to an activating group) is 2. The standard InChI is InChI=1S/C31H34N8O3/c1-6-29(40)34-24-13-25(28(41-5)14-27(24)38(4)12-11-37(2)3)35-31-33-16-20(15-32)30(36-31)23-17-39(21-18-42-19-21)26-10-8-7-9-22(23)26/h6-10,13-14,16-17,21H,1,11-12,18-19H2,2-5H3,(H,34,40)(H,33,35,36). The van der Waals surface area contributed by atoms with Crippen molar-refractivity contribution in [1.82, 2.24) is 19.4 Å². The first kappa shape index (κ1) is 28.6. The van der Waals surface area contributed by atoms with E-state index in [0.717, 1.165) is 35.2 Å². The van der Waals surface area contributed by atoms with Crippen LogP contribution in [0.3, 0.4) is 0 Å². The molecule has 1 saturated heterocycles. The van der Waals surface area contributed by atoms with Gasteiger partial charge in [0.15, 0.2) is 0 Å². The van der Waals surface area contributed by atoms with Crippen molar-refractivity contribution in [3.8, 4) is 23.1 Å². The molecule has 1 fully saturated rings. The van der Waals surface area contributed by atoms with Gasteiger partial charge in [0.1, 0.15) is 11.8 Å². The van der Waals surface area contributed by atoms with E-state index in [0.29, 0.717) is 41.6 Å². The second kappa shape index (κ2) is 12.3. The van der Waals surface area contributed by atoms with E-state index in [2.05, 4.69) is 43.8 Å². The molecule has 2 aromatic carbocycles. The number of nitrogens with zero attached hydrogens (tertiary/aromatic N) is 6. The quantitative estimate of drug-likeness (QED) is 0.254. The Bertz CT molecular complexity index is 1670. The summed E-state index contributed by atoms with van der Waals surface area (Å²) in [4.78, 5) is 25.7. The summed E-state index contributed by atoms with van der Waals surface area (Å²) < 4.78 is 13.4. The summed E-state index contributed by atoms with van der Waals surface area (Å²) >= 11 is 0. The maximum Gasteiger partial charge on any atom is 0.247 e. The van der Waals surface area contributed by atoms with E-state index in [1.54, 1.807) is 13.2 Å². The molecule has 0 aliphatic carbocycles. The van der Waals surface area contributed by atoms with Gasteiger partial charge in [-0.05, 0) is 32.3 Å². The number of carbonyl (C=O) groups excluding carboxylic acids is 1. The molecule has 2 N–H and O–H groups in total. The Hall–Kier alpha value is -4.92. The van der Waals surface area contributed by atoms with E-state index in [4.69, 9.17) is 14.5 Å². The van der Waals surface area contributed by atoms with Crippen LogP contribution in [0.15, 0.2) is 61.4 Å². The number of hydrogen-bond acceptors (Lipinski definition) is 9. The molecular weight excluding hydrogens is 532 g/mol. The highest BCUT2D eigenvalue weighted by Crippen LogP contribution is 2.39. The SMILES string of the molecule is C=CC(=O)Nc1cc(Nc2ncc(C#N)c(-c3cn(C4COC4)c4ccccc34)n2)c(OC)cc1N(C)CCN(C)C. The van der Waals surface area contributed by atoms with Gasteiger partial charge in [0.05, 0.1) is 60.9 Å². The predicted molar refractivity (Wildman–Crippen MR) is 164 cm³/mol. The molecule has 3 heterocycles. The summed E-state index contributed by atoms with van der Waals surface area (Å²) in [6.45, 7) is 6.42. The molecule has 11 heteroatoms. The van der Waals surface area contributed by atoms with Crippen molar-refractivity contribution in [2.45, 2.75) is 6.04 Å². The van der Waals surface area contributed by atoms with E-state index in [9.17, 15) is 10.1 Å². The number of fused-ring (bicyclic) bond motifs is 1. The molecule has 216 valence electrons. The second-order valence-corrected chi connectivity index (χ2v) is 10.3. The molecule has 0 spiro atoms. The molecule has 0 atom stereocenters. The lowest BCUT2D eigenvalue weighted by atomic mass is 10.1. The summed E-state index contributed by atoms with van der Waals surface area (Å²) in [6, 6.07) is 14.2. The minimum absolute atomic E-state index is 0.233. The highest BCUT2D eigenvalue weighted by atomic mass is 16.5. The monoisotopic (exact) mass is 566 g/mol. The van der Waals surface area contributed by atoms with E-state index in [-0.39, 0.29) is 17.9 Å². The van der Waals surface area contributed by atoms with Crippen molar-refractivity contribution in [2.24, 2.45) is 0 Å². The number of nitriles is 1. The number of para-hydroxylation sites is 1. The van der Waals surface area contributed by atoms with Crippen LogP contribution in [0.25, 0.3) is 22.2 Å². The average Bonchev–Trinajstić information content (AvgIpc) is 3.33. The molecule has 0 unspecified atom stereocenters. The van der Waals surface area contributed by atoms with Gasteiger partial charge in [-0.2, -0.15) is 5.26 Å². The number of hydrogen-bond donors (Lipinski definition) is 2. The van der Waals surface area contributed by atoms with Crippen LogP contribution in [-0.2, 0) is 9.53 Å². The Kier molecular flexibility index (Phi) is 8.38. The number of anilines is 4. The molecular formula is C31H34N8O3. The Morgan fingerprint density at radius 3 is 2.69 bits per heavy atom. The van der Waals surface area contributed by atoms with Gasteiger partial charge < -0.3 is 34.5 Å². The lowest BCUT2D eigenvalue weighted by molar-refractivity contribution is -0.111. The van der Waals surface area contributed by atoms with Crippen LogP contribution in [0.5, 0.6) is 5.75 Å². The molecule has 4 aromatic rings. The number of aromatic nitrogens is 3. The first-order valence-electron chi connectivity index (χ1n) is 13.6. The number of ether oxygens (including phenoxy) is 2. The number of carbonyl (C=O) groups is 1. The minimum atomic E-state index is -0.335. The Labute approximate surface area is 245 Å². The van der Waals surface area contributed by atoms with Crippen molar-refractivity contribution >= 4 is 39.8 Å². The smallest absolute Gasteiger partial charge is 0.247 e. The first-order chi connectivity index (χ1) is 20.3. The maximum absolute atomic E-state index is 12.3. The third kappa shape index (κ3) is 5.76. The highest BCUT2D eigenvalue weighted by Gasteiger charge is 2.25. The lowest BCUT2D eigenvalue weighted by Crippen LogP contribution is -2.30. The van der Waals surface area contributed by atoms with Gasteiger partial charge in [0.25, 0.3) is 0 Å². The van der Waals surface area contributed by atoms with Crippen LogP contribution >= 0.6 is 0 Å². The van der Waals surface area contributed by atoms with Gasteiger partial charge in [-0.15, -0.1) is 0 Å². The average molecular weight is 567 g/mol. The largest absolute Gasteiger partial charge is 0.494 e. The fourth-order valence-corrected chi connectivity index (χ4v) is 4.83. The molecule has 0 saturated carbocycles. The molecule has 1 aliphatic heterocycles. The van der Waals surface area contributed by atoms with Crippen molar-refractivity contribution in [3.63, 3.8) is 0 Å². The van der Waals surface area contributed by atoms with Crippen LogP contribution in [0.1, 0.15) is 11.6 Å². The first-order valence-corrected chi connectivity index (χ1v) is 13.6. The van der Waals surface area contributed by atoms with Crippen LogP contribution in [0.4, 0.5) is 23.0 Å². The zero-order chi connectivity index (χ0) is 29.8. The number of rotatable bonds is 11. The highest BCUT2D eigenvalue weighted by molar-refractivity contribution is 6.02. The number of amides is 1. The molecule has 1 amide bonds. The molecule has 0 bridgehead atoms. The Morgan fingerprint density at radius 1 is 1.24 bits per heavy atom. The summed E-state index contributed by atoms with van der Waals surface area (Å²) in [6.07, 6.45) is 4.77. The predicted octanol–water partition coefficient (Wildman–Crippen LogP) is 4.42. The Morgan fingerprint density at radius 2 is 2.02 bits per heavy atom. The van der Waals surface area contributed by atoms with E-state index < -0.39 is 0 Å². The molecule has 11 nitrogen and oxygen atoms in total. The van der Waals surface area contributed by atoms with Crippen molar-refractivity contribution in [3.05, 3.63) is 67.0 Å². The van der Waals surface area contributed by atoms with Crippen molar-refractivity contribution in [2.75, 3.05) is 70.1 Å². The van der Waals surface area contributed by atoms with Crippen LogP contribution in [-0.4, -0.2) is 79.9 Å². The molecule has 42 heavy (non-hydrogen) atoms. The fourth-order valence-electron chi connectivity index (χ4n) is 4.83. The van der Waals surface area contributed by atoms with Gasteiger partial charge in [-0.25, -0.2) is 9.97 Å². The topological polar surface area (TPSA) is 121 Å². The summed E-state index contributed by atoms with van der Waals surface area (Å²) in [5.74, 6) is 0.480. The Balaban J connectivity index is 1.55. The third-order valence-electron chi connectivity index (χ3n) is 7.22. The van der Waals surface area contributed by atoms with E-state index in [1.165, 1.54) is 12.3 Å². The molecule has 2 aromatic heterocycles. The number of methoxy groups -OCH3 is 1. The van der Waals surface area contributed by atoms with Crippen molar-refractivity contribution in [1.29, 1.82) is 5.26 Å². The third-order valence-corrected chi connectivity index (χ3v) is 7.22. The van der Waals surface area contributed by atoms with Gasteiger partial charge >= 0.3 is 0 Å². The van der Waals surface area contributed by atoms with Gasteiger partial charge in [0, 0.05) is 48.9 Å². The van der Waals surface area contributed by atoms with Crippen LogP contribution in [0.2, 0.25) is 0 Å². The zero-order valence-electron chi connectivity index (χ0n) is 24.2. The summed E-state index contributed by atoms with van der Waals surface area (Å²) in [5, 5.41) is 17.1. The molecule has 1 aliphatic rings. The lowest BCUT2D eigenvalue weighted by Gasteiger charge is -2.28. The van der Waals surface area contributed by atoms with Gasteiger partial charge in [0.2, 0.25) is 11.9 Å². The van der Waals surface area contributed by atoms with Gasteiger partial charge in [-0.3, -0.25) is 4.79 Å². The number of nitrogens with one attached hydrogen (secondary N) is 2. The second-order valence-electron chi connectivity index (χ2n) is 10.3. The summed E-state index contributed by atoms with van der Waals surface area (Å²) in [5.41, 5.74) is 4.67. The molecule has 0 radical (unpaired) electrons. The van der Waals surface area contributed by atoms with Crippen molar-refractivity contribution < 1.29 is 14.3 Å². The normalized spacial score (nSPS) is 13.0. The maximum atomic E-state index is 12.3. The van der Waals surface area contributed by atoms with Crippen LogP contribution in [0, 0.1) is 11.3 Å². The molecule has 5 rings (SSSR count). The van der Waals surface area contributed by atoms with E-state index in [1.807, 2.05) is 56.5 Å². The fraction of sp³-hybridized carbons (Fsp3) is 0.290. The minimum Gasteiger partial charge on any atom is -0.494 e.